The minimum absolute atomic E-state index is 0.0578. The number of benzene rings is 1. The molecule has 1 aromatic rings. The van der Waals surface area contributed by atoms with Crippen molar-refractivity contribution in [1.29, 1.82) is 0 Å². The summed E-state index contributed by atoms with van der Waals surface area (Å²) in [6, 6.07) is 4.77. The number of rotatable bonds is 4. The van der Waals surface area contributed by atoms with E-state index in [0.717, 1.165) is 0 Å². The lowest BCUT2D eigenvalue weighted by Crippen LogP contribution is -2.45. The number of halogens is 2. The average molecular weight is 273 g/mol. The predicted molar refractivity (Wildman–Crippen MR) is 71.1 cm³/mol. The second-order valence-corrected chi connectivity index (χ2v) is 5.42. The lowest BCUT2D eigenvalue weighted by Gasteiger charge is -2.28. The van der Waals surface area contributed by atoms with Gasteiger partial charge in [-0.2, -0.15) is 0 Å². The topological polar surface area (TPSA) is 32.3 Å². The molecule has 0 saturated heterocycles. The summed E-state index contributed by atoms with van der Waals surface area (Å²) in [6.07, 6.45) is 0. The van der Waals surface area contributed by atoms with E-state index in [1.165, 1.54) is 6.07 Å². The van der Waals surface area contributed by atoms with Crippen LogP contribution >= 0.6 is 11.6 Å². The second-order valence-electron chi connectivity index (χ2n) is 5.01. The SMILES string of the molecule is CN(C)CC(=O)NC(C)(C)c1cccc(Cl)c1F. The molecule has 0 aromatic heterocycles. The number of nitrogens with one attached hydrogen (secondary N) is 1. The van der Waals surface area contributed by atoms with Crippen molar-refractivity contribution in [2.45, 2.75) is 19.4 Å². The Labute approximate surface area is 112 Å². The molecule has 1 aromatic carbocycles. The number of nitrogens with zero attached hydrogens (tertiary/aromatic N) is 1. The Morgan fingerprint density at radius 3 is 2.61 bits per heavy atom. The molecule has 0 saturated carbocycles. The first-order valence-corrected chi connectivity index (χ1v) is 6.02. The van der Waals surface area contributed by atoms with E-state index in [1.807, 2.05) is 0 Å². The number of likely N-dealkylation sites (N-methyl/N-ethyl adjacent to an activating group) is 1. The lowest BCUT2D eigenvalue weighted by molar-refractivity contribution is -0.123. The lowest BCUT2D eigenvalue weighted by atomic mass is 9.93. The Hall–Kier alpha value is -1.13. The van der Waals surface area contributed by atoms with E-state index in [9.17, 15) is 9.18 Å². The van der Waals surface area contributed by atoms with Crippen molar-refractivity contribution < 1.29 is 9.18 Å². The Balaban J connectivity index is 2.92. The highest BCUT2D eigenvalue weighted by Gasteiger charge is 2.27. The summed E-state index contributed by atoms with van der Waals surface area (Å²) >= 11 is 5.74. The zero-order chi connectivity index (χ0) is 13.9. The number of amides is 1. The van der Waals surface area contributed by atoms with Gasteiger partial charge in [-0.05, 0) is 34.0 Å². The largest absolute Gasteiger partial charge is 0.346 e. The van der Waals surface area contributed by atoms with Crippen LogP contribution in [0.15, 0.2) is 18.2 Å². The average Bonchev–Trinajstić information content (AvgIpc) is 2.19. The third-order valence-electron chi connectivity index (χ3n) is 2.54. The minimum Gasteiger partial charge on any atom is -0.346 e. The molecule has 0 bridgehead atoms. The molecule has 1 rings (SSSR count). The van der Waals surface area contributed by atoms with Gasteiger partial charge < -0.3 is 10.2 Å². The van der Waals surface area contributed by atoms with Gasteiger partial charge >= 0.3 is 0 Å². The highest BCUT2D eigenvalue weighted by Crippen LogP contribution is 2.27. The molecule has 1 amide bonds. The Bertz CT molecular complexity index is 447. The van der Waals surface area contributed by atoms with E-state index in [-0.39, 0.29) is 17.5 Å². The highest BCUT2D eigenvalue weighted by molar-refractivity contribution is 6.30. The van der Waals surface area contributed by atoms with Gasteiger partial charge in [-0.15, -0.1) is 0 Å². The summed E-state index contributed by atoms with van der Waals surface area (Å²) in [7, 11) is 3.60. The number of hydrogen-bond acceptors (Lipinski definition) is 2. The summed E-state index contributed by atoms with van der Waals surface area (Å²) in [5, 5.41) is 2.85. The van der Waals surface area contributed by atoms with Gasteiger partial charge in [0.1, 0.15) is 5.82 Å². The van der Waals surface area contributed by atoms with E-state index in [1.54, 1.807) is 45.0 Å². The van der Waals surface area contributed by atoms with Crippen LogP contribution < -0.4 is 5.32 Å². The molecule has 0 heterocycles. The zero-order valence-electron chi connectivity index (χ0n) is 11.1. The zero-order valence-corrected chi connectivity index (χ0v) is 11.8. The highest BCUT2D eigenvalue weighted by atomic mass is 35.5. The summed E-state index contributed by atoms with van der Waals surface area (Å²) < 4.78 is 13.9. The first-order valence-electron chi connectivity index (χ1n) is 5.64. The van der Waals surface area contributed by atoms with Crippen molar-refractivity contribution in [3.63, 3.8) is 0 Å². The molecule has 0 fully saturated rings. The molecule has 100 valence electrons. The molecule has 18 heavy (non-hydrogen) atoms. The van der Waals surface area contributed by atoms with Gasteiger partial charge in [-0.1, -0.05) is 23.7 Å². The van der Waals surface area contributed by atoms with Gasteiger partial charge in [0.05, 0.1) is 17.1 Å². The van der Waals surface area contributed by atoms with Crippen molar-refractivity contribution in [2.75, 3.05) is 20.6 Å². The van der Waals surface area contributed by atoms with Crippen LogP contribution in [-0.4, -0.2) is 31.4 Å². The van der Waals surface area contributed by atoms with E-state index >= 15 is 0 Å². The summed E-state index contributed by atoms with van der Waals surface area (Å²) in [5.74, 6) is -0.654. The first kappa shape index (κ1) is 14.9. The van der Waals surface area contributed by atoms with Gasteiger partial charge in [0, 0.05) is 5.56 Å². The molecule has 1 N–H and O–H groups in total. The van der Waals surface area contributed by atoms with Crippen LogP contribution in [0.1, 0.15) is 19.4 Å². The van der Waals surface area contributed by atoms with Gasteiger partial charge in [-0.3, -0.25) is 4.79 Å². The maximum Gasteiger partial charge on any atom is 0.234 e. The van der Waals surface area contributed by atoms with Gasteiger partial charge in [-0.25, -0.2) is 4.39 Å². The molecule has 0 radical (unpaired) electrons. The standard InChI is InChI=1S/C13H18ClFN2O/c1-13(2,16-11(18)8-17(3)4)9-6-5-7-10(14)12(9)15/h5-7H,8H2,1-4H3,(H,16,18). The van der Waals surface area contributed by atoms with Gasteiger partial charge in [0.15, 0.2) is 0 Å². The molecule has 0 aliphatic carbocycles. The van der Waals surface area contributed by atoms with Crippen molar-refractivity contribution in [2.24, 2.45) is 0 Å². The number of hydrogen-bond donors (Lipinski definition) is 1. The summed E-state index contributed by atoms with van der Waals surface area (Å²) in [4.78, 5) is 13.5. The number of carbonyl (C=O) groups excluding carboxylic acids is 1. The molecule has 5 heteroatoms. The fourth-order valence-corrected chi connectivity index (χ4v) is 1.90. The third-order valence-corrected chi connectivity index (χ3v) is 2.83. The molecule has 0 atom stereocenters. The maximum absolute atomic E-state index is 13.9. The van der Waals surface area contributed by atoms with Crippen molar-refractivity contribution in [3.8, 4) is 0 Å². The summed E-state index contributed by atoms with van der Waals surface area (Å²) in [5.41, 5.74) is -0.427. The monoisotopic (exact) mass is 272 g/mol. The molecular formula is C13H18ClFN2O. The smallest absolute Gasteiger partial charge is 0.234 e. The molecule has 0 unspecified atom stereocenters. The Morgan fingerprint density at radius 2 is 2.06 bits per heavy atom. The normalized spacial score (nSPS) is 11.7. The van der Waals surface area contributed by atoms with Gasteiger partial charge in [0.25, 0.3) is 0 Å². The maximum atomic E-state index is 13.9. The Kier molecular flexibility index (Phi) is 4.71. The van der Waals surface area contributed by atoms with Crippen molar-refractivity contribution >= 4 is 17.5 Å². The quantitative estimate of drug-likeness (QED) is 0.913. The molecule has 0 aliphatic rings. The van der Waals surface area contributed by atoms with Crippen LogP contribution in [0.25, 0.3) is 0 Å². The van der Waals surface area contributed by atoms with Gasteiger partial charge in [0.2, 0.25) is 5.91 Å². The first-order chi connectivity index (χ1) is 8.24. The fraction of sp³-hybridized carbons (Fsp3) is 0.462. The summed E-state index contributed by atoms with van der Waals surface area (Å²) in [6.45, 7) is 3.75. The van der Waals surface area contributed by atoms with E-state index in [2.05, 4.69) is 5.32 Å². The van der Waals surface area contributed by atoms with E-state index in [0.29, 0.717) is 5.56 Å². The van der Waals surface area contributed by atoms with Crippen LogP contribution in [-0.2, 0) is 10.3 Å². The molecule has 3 nitrogen and oxygen atoms in total. The van der Waals surface area contributed by atoms with Crippen LogP contribution in [0.2, 0.25) is 5.02 Å². The van der Waals surface area contributed by atoms with E-state index in [4.69, 9.17) is 11.6 Å². The van der Waals surface area contributed by atoms with Crippen molar-refractivity contribution in [3.05, 3.63) is 34.6 Å². The van der Waals surface area contributed by atoms with Crippen LogP contribution in [0, 0.1) is 5.82 Å². The number of carbonyl (C=O) groups is 1. The molecule has 0 aliphatic heterocycles. The molecule has 0 spiro atoms. The van der Waals surface area contributed by atoms with Crippen LogP contribution in [0.3, 0.4) is 0 Å². The fourth-order valence-electron chi connectivity index (χ4n) is 1.73. The minimum atomic E-state index is -0.803. The van der Waals surface area contributed by atoms with Crippen LogP contribution in [0.5, 0.6) is 0 Å². The van der Waals surface area contributed by atoms with Crippen molar-refractivity contribution in [1.82, 2.24) is 10.2 Å². The molecular weight excluding hydrogens is 255 g/mol. The Morgan fingerprint density at radius 1 is 1.44 bits per heavy atom. The second kappa shape index (κ2) is 5.67. The third kappa shape index (κ3) is 3.68. The predicted octanol–water partition coefficient (Wildman–Crippen LogP) is 2.39. The van der Waals surface area contributed by atoms with E-state index < -0.39 is 11.4 Å². The van der Waals surface area contributed by atoms with Crippen LogP contribution in [0.4, 0.5) is 4.39 Å².